The molecule has 27 heavy (non-hydrogen) atoms. The summed E-state index contributed by atoms with van der Waals surface area (Å²) in [5.74, 6) is -0.403. The molecular formula is C18H17N3O6. The molecule has 0 radical (unpaired) electrons. The van der Waals surface area contributed by atoms with Crippen LogP contribution in [0, 0.1) is 10.1 Å². The predicted molar refractivity (Wildman–Crippen MR) is 97.3 cm³/mol. The number of benzene rings is 2. The second kappa shape index (κ2) is 8.99. The van der Waals surface area contributed by atoms with E-state index in [1.165, 1.54) is 50.6 Å². The van der Waals surface area contributed by atoms with Crippen LogP contribution in [-0.4, -0.2) is 31.0 Å². The second-order valence-corrected chi connectivity index (χ2v) is 5.19. The minimum absolute atomic E-state index is 0.130. The number of hydrazine groups is 1. The van der Waals surface area contributed by atoms with Crippen LogP contribution in [0.15, 0.2) is 48.5 Å². The van der Waals surface area contributed by atoms with E-state index in [-0.39, 0.29) is 16.8 Å². The molecule has 9 nitrogen and oxygen atoms in total. The average molecular weight is 371 g/mol. The van der Waals surface area contributed by atoms with Crippen LogP contribution in [0.2, 0.25) is 0 Å². The number of amides is 2. The van der Waals surface area contributed by atoms with Crippen LogP contribution in [0.4, 0.5) is 5.69 Å². The second-order valence-electron chi connectivity index (χ2n) is 5.19. The number of nitro groups is 1. The third kappa shape index (κ3) is 5.30. The van der Waals surface area contributed by atoms with Crippen molar-refractivity contribution in [3.05, 3.63) is 69.8 Å². The molecule has 9 heteroatoms. The standard InChI is InChI=1S/C18H17N3O6/c1-26-14-9-13(10-15(11-14)27-2)18(23)20-19-17(22)8-7-12-5-3-4-6-16(12)21(24)25/h3-11H,1-2H3,(H,19,22)(H,20,23)/b8-7+. The van der Waals surface area contributed by atoms with Crippen LogP contribution in [0.1, 0.15) is 15.9 Å². The highest BCUT2D eigenvalue weighted by atomic mass is 16.6. The van der Waals surface area contributed by atoms with E-state index in [0.717, 1.165) is 6.08 Å². The van der Waals surface area contributed by atoms with Crippen molar-refractivity contribution >= 4 is 23.6 Å². The van der Waals surface area contributed by atoms with Gasteiger partial charge in [0.05, 0.1) is 24.7 Å². The fourth-order valence-corrected chi connectivity index (χ4v) is 2.13. The Balaban J connectivity index is 2.02. The number of nitro benzene ring substituents is 1. The number of carbonyl (C=O) groups is 2. The zero-order valence-corrected chi connectivity index (χ0v) is 14.6. The highest BCUT2D eigenvalue weighted by molar-refractivity contribution is 5.98. The lowest BCUT2D eigenvalue weighted by atomic mass is 10.1. The fraction of sp³-hybridized carbons (Fsp3) is 0.111. The Morgan fingerprint density at radius 2 is 1.67 bits per heavy atom. The van der Waals surface area contributed by atoms with Crippen LogP contribution < -0.4 is 20.3 Å². The molecule has 0 saturated heterocycles. The minimum atomic E-state index is -0.656. The van der Waals surface area contributed by atoms with Gasteiger partial charge in [0.15, 0.2) is 0 Å². The van der Waals surface area contributed by atoms with Crippen LogP contribution >= 0.6 is 0 Å². The van der Waals surface area contributed by atoms with E-state index in [2.05, 4.69) is 10.9 Å². The van der Waals surface area contributed by atoms with Crippen molar-refractivity contribution in [2.24, 2.45) is 0 Å². The van der Waals surface area contributed by atoms with Crippen molar-refractivity contribution < 1.29 is 24.0 Å². The number of nitrogens with one attached hydrogen (secondary N) is 2. The van der Waals surface area contributed by atoms with Crippen LogP contribution in [0.5, 0.6) is 11.5 Å². The smallest absolute Gasteiger partial charge is 0.276 e. The van der Waals surface area contributed by atoms with Gasteiger partial charge in [0.1, 0.15) is 11.5 Å². The van der Waals surface area contributed by atoms with Crippen molar-refractivity contribution in [3.63, 3.8) is 0 Å². The average Bonchev–Trinajstić information content (AvgIpc) is 2.69. The number of carbonyl (C=O) groups excluding carboxylic acids is 2. The van der Waals surface area contributed by atoms with Gasteiger partial charge in [-0.05, 0) is 24.3 Å². The fourth-order valence-electron chi connectivity index (χ4n) is 2.13. The topological polar surface area (TPSA) is 120 Å². The number of ether oxygens (including phenoxy) is 2. The molecule has 0 heterocycles. The predicted octanol–water partition coefficient (Wildman–Crippen LogP) is 2.09. The Morgan fingerprint density at radius 3 is 2.26 bits per heavy atom. The lowest BCUT2D eigenvalue weighted by molar-refractivity contribution is -0.385. The normalized spacial score (nSPS) is 10.3. The number of hydrogen-bond donors (Lipinski definition) is 2. The van der Waals surface area contributed by atoms with E-state index >= 15 is 0 Å². The number of methoxy groups -OCH3 is 2. The summed E-state index contributed by atoms with van der Waals surface area (Å²) >= 11 is 0. The highest BCUT2D eigenvalue weighted by Crippen LogP contribution is 2.22. The molecular weight excluding hydrogens is 354 g/mol. The van der Waals surface area contributed by atoms with E-state index < -0.39 is 16.7 Å². The summed E-state index contributed by atoms with van der Waals surface area (Å²) in [5, 5.41) is 10.9. The summed E-state index contributed by atoms with van der Waals surface area (Å²) in [6.07, 6.45) is 2.36. The van der Waals surface area contributed by atoms with E-state index in [0.29, 0.717) is 11.5 Å². The summed E-state index contributed by atoms with van der Waals surface area (Å²) < 4.78 is 10.2. The van der Waals surface area contributed by atoms with E-state index in [1.54, 1.807) is 12.1 Å². The first-order valence-corrected chi connectivity index (χ1v) is 7.69. The van der Waals surface area contributed by atoms with Gasteiger partial charge in [0, 0.05) is 23.8 Å². The van der Waals surface area contributed by atoms with Crippen molar-refractivity contribution in [2.75, 3.05) is 14.2 Å². The van der Waals surface area contributed by atoms with Crippen molar-refractivity contribution in [1.82, 2.24) is 10.9 Å². The minimum Gasteiger partial charge on any atom is -0.497 e. The molecule has 0 bridgehead atoms. The highest BCUT2D eigenvalue weighted by Gasteiger charge is 2.12. The Kier molecular flexibility index (Phi) is 6.48. The molecule has 2 amide bonds. The summed E-state index contributed by atoms with van der Waals surface area (Å²) in [4.78, 5) is 34.4. The molecule has 0 saturated carbocycles. The molecule has 2 rings (SSSR count). The lowest BCUT2D eigenvalue weighted by Gasteiger charge is -2.09. The number of rotatable bonds is 6. The molecule has 140 valence electrons. The molecule has 0 spiro atoms. The summed E-state index contributed by atoms with van der Waals surface area (Å²) in [6, 6.07) is 10.5. The van der Waals surface area contributed by atoms with Gasteiger partial charge < -0.3 is 9.47 Å². The molecule has 0 aliphatic rings. The van der Waals surface area contributed by atoms with Gasteiger partial charge in [-0.25, -0.2) is 0 Å². The van der Waals surface area contributed by atoms with E-state index in [1.807, 2.05) is 0 Å². The van der Waals surface area contributed by atoms with E-state index in [4.69, 9.17) is 9.47 Å². The van der Waals surface area contributed by atoms with Crippen molar-refractivity contribution in [2.45, 2.75) is 0 Å². The quantitative estimate of drug-likeness (QED) is 0.456. The van der Waals surface area contributed by atoms with Gasteiger partial charge in [-0.3, -0.25) is 30.6 Å². The molecule has 0 fully saturated rings. The zero-order valence-electron chi connectivity index (χ0n) is 14.6. The van der Waals surface area contributed by atoms with E-state index in [9.17, 15) is 19.7 Å². The first-order valence-electron chi connectivity index (χ1n) is 7.69. The van der Waals surface area contributed by atoms with Gasteiger partial charge in [-0.15, -0.1) is 0 Å². The summed E-state index contributed by atoms with van der Waals surface area (Å²) in [7, 11) is 2.90. The number of para-hydroxylation sites is 1. The van der Waals surface area contributed by atoms with Gasteiger partial charge in [-0.2, -0.15) is 0 Å². The monoisotopic (exact) mass is 371 g/mol. The molecule has 0 aliphatic heterocycles. The summed E-state index contributed by atoms with van der Waals surface area (Å²) in [5.41, 5.74) is 4.79. The van der Waals surface area contributed by atoms with Gasteiger partial charge >= 0.3 is 0 Å². The van der Waals surface area contributed by atoms with Crippen LogP contribution in [0.3, 0.4) is 0 Å². The number of hydrogen-bond acceptors (Lipinski definition) is 6. The number of nitrogens with zero attached hydrogens (tertiary/aromatic N) is 1. The van der Waals surface area contributed by atoms with Crippen molar-refractivity contribution in [3.8, 4) is 11.5 Å². The zero-order chi connectivity index (χ0) is 19.8. The summed E-state index contributed by atoms with van der Waals surface area (Å²) in [6.45, 7) is 0. The Labute approximate surface area is 154 Å². The van der Waals surface area contributed by atoms with Crippen LogP contribution in [0.25, 0.3) is 6.08 Å². The third-order valence-corrected chi connectivity index (χ3v) is 3.46. The van der Waals surface area contributed by atoms with Gasteiger partial charge in [0.2, 0.25) is 0 Å². The molecule has 2 aromatic rings. The maximum Gasteiger partial charge on any atom is 0.276 e. The van der Waals surface area contributed by atoms with Gasteiger partial charge in [0.25, 0.3) is 17.5 Å². The molecule has 0 aromatic heterocycles. The van der Waals surface area contributed by atoms with Crippen LogP contribution in [-0.2, 0) is 4.79 Å². The Bertz CT molecular complexity index is 872. The molecule has 0 atom stereocenters. The maximum atomic E-state index is 12.2. The third-order valence-electron chi connectivity index (χ3n) is 3.46. The molecule has 0 unspecified atom stereocenters. The SMILES string of the molecule is COc1cc(OC)cc(C(=O)NNC(=O)/C=C/c2ccccc2[N+](=O)[O-])c1. The van der Waals surface area contributed by atoms with Crippen molar-refractivity contribution in [1.29, 1.82) is 0 Å². The first-order chi connectivity index (χ1) is 12.9. The molecule has 0 aliphatic carbocycles. The largest absolute Gasteiger partial charge is 0.497 e. The Morgan fingerprint density at radius 1 is 1.04 bits per heavy atom. The first kappa shape index (κ1) is 19.4. The lowest BCUT2D eigenvalue weighted by Crippen LogP contribution is -2.40. The molecule has 2 N–H and O–H groups in total. The molecule has 2 aromatic carbocycles. The van der Waals surface area contributed by atoms with Gasteiger partial charge in [-0.1, -0.05) is 12.1 Å². The Hall–Kier alpha value is -3.88. The maximum absolute atomic E-state index is 12.2.